The summed E-state index contributed by atoms with van der Waals surface area (Å²) in [6, 6.07) is 77.3. The van der Waals surface area contributed by atoms with Gasteiger partial charge in [0.1, 0.15) is 5.75 Å². The molecule has 260 valence electrons. The number of benzene rings is 9. The first-order valence-electron chi connectivity index (χ1n) is 18.7. The van der Waals surface area contributed by atoms with Crippen LogP contribution in [0.4, 0.5) is 34.1 Å². The van der Waals surface area contributed by atoms with Crippen molar-refractivity contribution in [3.05, 3.63) is 218 Å². The van der Waals surface area contributed by atoms with Crippen LogP contribution in [-0.2, 0) is 0 Å². The number of hydrogen-bond acceptors (Lipinski definition) is 3. The van der Waals surface area contributed by atoms with Crippen LogP contribution in [0.1, 0.15) is 0 Å². The lowest BCUT2D eigenvalue weighted by molar-refractivity contribution is 0.488. The third-order valence-electron chi connectivity index (χ3n) is 10.4. The van der Waals surface area contributed by atoms with E-state index in [0.29, 0.717) is 0 Å². The number of ether oxygens (including phenoxy) is 1. The van der Waals surface area contributed by atoms with Crippen molar-refractivity contribution in [1.29, 1.82) is 0 Å². The Morgan fingerprint density at radius 1 is 0.309 bits per heavy atom. The monoisotopic (exact) mass is 704 g/mol. The molecule has 0 fully saturated rings. The first-order valence-corrected chi connectivity index (χ1v) is 18.7. The molecule has 0 radical (unpaired) electrons. The topological polar surface area (TPSA) is 15.7 Å². The minimum absolute atomic E-state index is 0.820. The summed E-state index contributed by atoms with van der Waals surface area (Å²) in [5.74, 6) is 1.66. The van der Waals surface area contributed by atoms with Gasteiger partial charge in [0.2, 0.25) is 0 Å². The number of nitrogens with zero attached hydrogens (tertiary/aromatic N) is 2. The van der Waals surface area contributed by atoms with Gasteiger partial charge in [-0.05, 0) is 99.9 Å². The summed E-state index contributed by atoms with van der Waals surface area (Å²) in [5, 5.41) is 2.25. The molecule has 0 amide bonds. The zero-order chi connectivity index (χ0) is 36.6. The fraction of sp³-hybridized carbons (Fsp3) is 0. The molecule has 55 heavy (non-hydrogen) atoms. The average Bonchev–Trinajstić information content (AvgIpc) is 3.26. The Morgan fingerprint density at radius 2 is 0.782 bits per heavy atom. The molecule has 3 heteroatoms. The van der Waals surface area contributed by atoms with Crippen molar-refractivity contribution >= 4 is 44.9 Å². The zero-order valence-electron chi connectivity index (χ0n) is 30.1. The SMILES string of the molecule is c1ccc(-c2ccc(N(c3ccc(-c4ccccc4)cc3)c3ccc4cccc5c4c3Oc3cc(N(c4ccccc4)c4ccccc4)ccc3-5)cc2)cc1. The molecule has 0 saturated carbocycles. The summed E-state index contributed by atoms with van der Waals surface area (Å²) < 4.78 is 7.18. The summed E-state index contributed by atoms with van der Waals surface area (Å²) in [5.41, 5.74) is 13.2. The van der Waals surface area contributed by atoms with E-state index in [9.17, 15) is 0 Å². The lowest BCUT2D eigenvalue weighted by Crippen LogP contribution is -2.13. The van der Waals surface area contributed by atoms with Crippen molar-refractivity contribution in [2.75, 3.05) is 9.80 Å². The molecule has 0 N–H and O–H groups in total. The van der Waals surface area contributed by atoms with Gasteiger partial charge in [-0.15, -0.1) is 0 Å². The van der Waals surface area contributed by atoms with Crippen molar-refractivity contribution in [1.82, 2.24) is 0 Å². The minimum atomic E-state index is 0.820. The van der Waals surface area contributed by atoms with Gasteiger partial charge >= 0.3 is 0 Å². The predicted octanol–water partition coefficient (Wildman–Crippen LogP) is 14.9. The minimum Gasteiger partial charge on any atom is -0.454 e. The maximum absolute atomic E-state index is 7.18. The molecule has 0 aliphatic carbocycles. The third kappa shape index (κ3) is 5.98. The van der Waals surface area contributed by atoms with E-state index in [1.165, 1.54) is 22.3 Å². The van der Waals surface area contributed by atoms with E-state index in [1.54, 1.807) is 0 Å². The van der Waals surface area contributed by atoms with Gasteiger partial charge in [0.05, 0.1) is 5.69 Å². The van der Waals surface area contributed by atoms with Crippen LogP contribution in [0.3, 0.4) is 0 Å². The molecule has 0 aromatic heterocycles. The van der Waals surface area contributed by atoms with Crippen molar-refractivity contribution in [3.63, 3.8) is 0 Å². The van der Waals surface area contributed by atoms with Gasteiger partial charge in [0.15, 0.2) is 5.75 Å². The Hall–Kier alpha value is -7.36. The molecule has 0 bridgehead atoms. The highest BCUT2D eigenvalue weighted by Crippen LogP contribution is 2.54. The van der Waals surface area contributed by atoms with E-state index in [2.05, 4.69) is 228 Å². The standard InChI is InChI=1S/C52H36N2O/c1-5-14-37(15-6-1)39-24-29-44(30-25-39)54(45-31-26-40(27-32-45)38-16-7-2-8-17-38)49-35-28-41-18-13-23-48-47-34-33-46(36-50(47)55-52(49)51(41)48)53(42-19-9-3-10-20-42)43-21-11-4-12-22-43/h1-36H. The molecule has 0 spiro atoms. The molecular formula is C52H36N2O. The molecule has 3 nitrogen and oxygen atoms in total. The quantitative estimate of drug-likeness (QED) is 0.157. The molecular weight excluding hydrogens is 669 g/mol. The van der Waals surface area contributed by atoms with Gasteiger partial charge in [0.25, 0.3) is 0 Å². The second-order valence-corrected chi connectivity index (χ2v) is 13.8. The normalized spacial score (nSPS) is 11.4. The smallest absolute Gasteiger partial charge is 0.159 e. The maximum atomic E-state index is 7.18. The highest BCUT2D eigenvalue weighted by molar-refractivity contribution is 6.08. The lowest BCUT2D eigenvalue weighted by Gasteiger charge is -2.32. The van der Waals surface area contributed by atoms with E-state index in [4.69, 9.17) is 4.74 Å². The van der Waals surface area contributed by atoms with Crippen molar-refractivity contribution in [2.45, 2.75) is 0 Å². The van der Waals surface area contributed by atoms with Gasteiger partial charge in [-0.2, -0.15) is 0 Å². The highest BCUT2D eigenvalue weighted by atomic mass is 16.5. The van der Waals surface area contributed by atoms with Gasteiger partial charge in [-0.1, -0.05) is 146 Å². The van der Waals surface area contributed by atoms with Crippen molar-refractivity contribution in [2.24, 2.45) is 0 Å². The third-order valence-corrected chi connectivity index (χ3v) is 10.4. The van der Waals surface area contributed by atoms with Gasteiger partial charge in [-0.3, -0.25) is 0 Å². The first-order chi connectivity index (χ1) is 27.3. The van der Waals surface area contributed by atoms with Crippen LogP contribution in [-0.4, -0.2) is 0 Å². The van der Waals surface area contributed by atoms with Gasteiger partial charge in [-0.25, -0.2) is 0 Å². The number of para-hydroxylation sites is 2. The molecule has 1 aliphatic heterocycles. The van der Waals surface area contributed by atoms with Crippen LogP contribution in [0, 0.1) is 0 Å². The van der Waals surface area contributed by atoms with Crippen molar-refractivity contribution < 1.29 is 4.74 Å². The number of rotatable bonds is 8. The molecule has 0 atom stereocenters. The average molecular weight is 705 g/mol. The Bertz CT molecular complexity index is 2630. The fourth-order valence-electron chi connectivity index (χ4n) is 7.80. The van der Waals surface area contributed by atoms with E-state index in [-0.39, 0.29) is 0 Å². The van der Waals surface area contributed by atoms with Crippen molar-refractivity contribution in [3.8, 4) is 44.9 Å². The molecule has 1 aliphatic rings. The van der Waals surface area contributed by atoms with Crippen LogP contribution in [0.2, 0.25) is 0 Å². The summed E-state index contributed by atoms with van der Waals surface area (Å²) in [6.07, 6.45) is 0. The lowest BCUT2D eigenvalue weighted by atomic mass is 9.93. The Balaban J connectivity index is 1.13. The molecule has 1 heterocycles. The number of anilines is 6. The first kappa shape index (κ1) is 32.3. The molecule has 9 aromatic carbocycles. The van der Waals surface area contributed by atoms with Crippen LogP contribution >= 0.6 is 0 Å². The summed E-state index contributed by atoms with van der Waals surface area (Å²) in [4.78, 5) is 4.60. The largest absolute Gasteiger partial charge is 0.454 e. The Kier molecular flexibility index (Phi) is 8.16. The number of fused-ring (bicyclic) bond motifs is 2. The predicted molar refractivity (Wildman–Crippen MR) is 230 cm³/mol. The second kappa shape index (κ2) is 13.9. The van der Waals surface area contributed by atoms with Crippen LogP contribution in [0.25, 0.3) is 44.2 Å². The van der Waals surface area contributed by atoms with Gasteiger partial charge in [0, 0.05) is 45.5 Å². The summed E-state index contributed by atoms with van der Waals surface area (Å²) >= 11 is 0. The Labute approximate surface area is 321 Å². The summed E-state index contributed by atoms with van der Waals surface area (Å²) in [6.45, 7) is 0. The molecule has 9 aromatic rings. The van der Waals surface area contributed by atoms with Crippen LogP contribution in [0.5, 0.6) is 11.5 Å². The fourth-order valence-corrected chi connectivity index (χ4v) is 7.80. The number of hydrogen-bond donors (Lipinski definition) is 0. The molecule has 0 unspecified atom stereocenters. The van der Waals surface area contributed by atoms with Gasteiger partial charge < -0.3 is 14.5 Å². The van der Waals surface area contributed by atoms with E-state index >= 15 is 0 Å². The highest BCUT2D eigenvalue weighted by Gasteiger charge is 2.27. The van der Waals surface area contributed by atoms with E-state index < -0.39 is 0 Å². The van der Waals surface area contributed by atoms with Crippen LogP contribution < -0.4 is 14.5 Å². The zero-order valence-corrected chi connectivity index (χ0v) is 30.1. The maximum Gasteiger partial charge on any atom is 0.159 e. The van der Waals surface area contributed by atoms with E-state index in [1.807, 2.05) is 0 Å². The second-order valence-electron chi connectivity index (χ2n) is 13.8. The molecule has 0 saturated heterocycles. The Morgan fingerprint density at radius 3 is 1.33 bits per heavy atom. The van der Waals surface area contributed by atoms with E-state index in [0.717, 1.165) is 67.5 Å². The molecule has 10 rings (SSSR count). The summed E-state index contributed by atoms with van der Waals surface area (Å²) in [7, 11) is 0. The van der Waals surface area contributed by atoms with Crippen LogP contribution in [0.15, 0.2) is 218 Å².